The van der Waals surface area contributed by atoms with Crippen LogP contribution >= 0.6 is 0 Å². The molecule has 0 saturated carbocycles. The Morgan fingerprint density at radius 2 is 2.00 bits per heavy atom. The van der Waals surface area contributed by atoms with Gasteiger partial charge in [-0.2, -0.15) is 0 Å². The van der Waals surface area contributed by atoms with Crippen molar-refractivity contribution in [2.45, 2.75) is 13.0 Å². The van der Waals surface area contributed by atoms with Crippen molar-refractivity contribution < 1.29 is 9.59 Å². The van der Waals surface area contributed by atoms with Crippen LogP contribution in [0.1, 0.15) is 12.0 Å². The molecule has 1 aliphatic rings. The highest BCUT2D eigenvalue weighted by atomic mass is 16.2. The van der Waals surface area contributed by atoms with Gasteiger partial charge in [0.1, 0.15) is 6.54 Å². The Morgan fingerprint density at radius 3 is 2.74 bits per heavy atom. The van der Waals surface area contributed by atoms with Gasteiger partial charge in [-0.05, 0) is 12.0 Å². The minimum atomic E-state index is -0.174. The summed E-state index contributed by atoms with van der Waals surface area (Å²) in [7, 11) is 1.77. The van der Waals surface area contributed by atoms with Crippen molar-refractivity contribution >= 4 is 11.9 Å². The van der Waals surface area contributed by atoms with Gasteiger partial charge < -0.3 is 15.1 Å². The number of nitrogens with zero attached hydrogens (tertiary/aromatic N) is 2. The van der Waals surface area contributed by atoms with Gasteiger partial charge in [-0.1, -0.05) is 30.3 Å². The van der Waals surface area contributed by atoms with Crippen molar-refractivity contribution in [2.24, 2.45) is 0 Å². The third-order valence-corrected chi connectivity index (χ3v) is 3.25. The minimum absolute atomic E-state index is 0.00707. The van der Waals surface area contributed by atoms with Crippen LogP contribution < -0.4 is 5.32 Å². The van der Waals surface area contributed by atoms with E-state index in [1.165, 1.54) is 0 Å². The van der Waals surface area contributed by atoms with Crippen LogP contribution in [0.15, 0.2) is 30.3 Å². The Labute approximate surface area is 113 Å². The van der Waals surface area contributed by atoms with Crippen LogP contribution in [0.2, 0.25) is 0 Å². The average Bonchev–Trinajstić information content (AvgIpc) is 2.60. The molecule has 0 bridgehead atoms. The van der Waals surface area contributed by atoms with Gasteiger partial charge >= 0.3 is 6.03 Å². The molecule has 0 spiro atoms. The summed E-state index contributed by atoms with van der Waals surface area (Å²) in [6.45, 7) is 1.98. The van der Waals surface area contributed by atoms with E-state index >= 15 is 0 Å². The van der Waals surface area contributed by atoms with E-state index in [1.807, 2.05) is 30.3 Å². The fourth-order valence-corrected chi connectivity index (χ4v) is 2.05. The van der Waals surface area contributed by atoms with E-state index in [0.717, 1.165) is 12.0 Å². The number of likely N-dealkylation sites (N-methyl/N-ethyl adjacent to an activating group) is 1. The highest BCUT2D eigenvalue weighted by Crippen LogP contribution is 2.04. The number of hydrogen-bond donors (Lipinski definition) is 1. The number of nitrogens with one attached hydrogen (secondary N) is 1. The second kappa shape index (κ2) is 6.22. The van der Waals surface area contributed by atoms with Gasteiger partial charge in [0.2, 0.25) is 5.91 Å². The van der Waals surface area contributed by atoms with Crippen LogP contribution in [-0.4, -0.2) is 48.4 Å². The lowest BCUT2D eigenvalue weighted by atomic mass is 10.2. The SMILES string of the molecule is CN1CCCN(C(=O)NCc2ccccc2)CC1=O. The molecular weight excluding hydrogens is 242 g/mol. The van der Waals surface area contributed by atoms with Crippen LogP contribution in [-0.2, 0) is 11.3 Å². The zero-order valence-corrected chi connectivity index (χ0v) is 11.1. The van der Waals surface area contributed by atoms with Gasteiger partial charge in [0, 0.05) is 26.7 Å². The highest BCUT2D eigenvalue weighted by Gasteiger charge is 2.22. The van der Waals surface area contributed by atoms with Gasteiger partial charge in [-0.3, -0.25) is 4.79 Å². The number of carbonyl (C=O) groups excluding carboxylic acids is 2. The van der Waals surface area contributed by atoms with Gasteiger partial charge in [-0.15, -0.1) is 0 Å². The lowest BCUT2D eigenvalue weighted by molar-refractivity contribution is -0.129. The van der Waals surface area contributed by atoms with E-state index in [9.17, 15) is 9.59 Å². The average molecular weight is 261 g/mol. The van der Waals surface area contributed by atoms with Crippen molar-refractivity contribution in [1.29, 1.82) is 0 Å². The Balaban J connectivity index is 1.87. The van der Waals surface area contributed by atoms with Crippen molar-refractivity contribution in [3.63, 3.8) is 0 Å². The maximum absolute atomic E-state index is 12.0. The van der Waals surface area contributed by atoms with Crippen LogP contribution in [0.3, 0.4) is 0 Å². The number of benzene rings is 1. The maximum atomic E-state index is 12.0. The second-order valence-electron chi connectivity index (χ2n) is 4.73. The minimum Gasteiger partial charge on any atom is -0.344 e. The molecule has 0 atom stereocenters. The number of hydrogen-bond acceptors (Lipinski definition) is 2. The molecule has 3 amide bonds. The lowest BCUT2D eigenvalue weighted by Gasteiger charge is -2.20. The third-order valence-electron chi connectivity index (χ3n) is 3.25. The van der Waals surface area contributed by atoms with Gasteiger partial charge in [0.25, 0.3) is 0 Å². The summed E-state index contributed by atoms with van der Waals surface area (Å²) in [5.74, 6) is -0.00707. The molecular formula is C14H19N3O2. The molecule has 0 radical (unpaired) electrons. The predicted octanol–water partition coefficient (Wildman–Crippen LogP) is 1.06. The quantitative estimate of drug-likeness (QED) is 0.865. The molecule has 1 N–H and O–H groups in total. The summed E-state index contributed by atoms with van der Waals surface area (Å²) in [5, 5.41) is 2.85. The van der Waals surface area contributed by atoms with Crippen molar-refractivity contribution in [3.05, 3.63) is 35.9 Å². The predicted molar refractivity (Wildman–Crippen MR) is 72.5 cm³/mol. The Bertz CT molecular complexity index is 447. The molecule has 0 unspecified atom stereocenters. The number of carbonyl (C=O) groups is 2. The fraction of sp³-hybridized carbons (Fsp3) is 0.429. The topological polar surface area (TPSA) is 52.6 Å². The van der Waals surface area contributed by atoms with Crippen molar-refractivity contribution in [3.8, 4) is 0 Å². The smallest absolute Gasteiger partial charge is 0.318 e. The zero-order chi connectivity index (χ0) is 13.7. The second-order valence-corrected chi connectivity index (χ2v) is 4.73. The molecule has 1 aromatic carbocycles. The summed E-state index contributed by atoms with van der Waals surface area (Å²) < 4.78 is 0. The summed E-state index contributed by atoms with van der Waals surface area (Å²) in [6.07, 6.45) is 0.820. The first-order chi connectivity index (χ1) is 9.16. The Kier molecular flexibility index (Phi) is 4.39. The highest BCUT2D eigenvalue weighted by molar-refractivity contribution is 5.84. The first-order valence-corrected chi connectivity index (χ1v) is 6.47. The standard InChI is InChI=1S/C14H19N3O2/c1-16-8-5-9-17(11-13(16)18)14(19)15-10-12-6-3-2-4-7-12/h2-4,6-7H,5,8-11H2,1H3,(H,15,19). The number of rotatable bonds is 2. The van der Waals surface area contributed by atoms with Crippen LogP contribution in [0.4, 0.5) is 4.79 Å². The Morgan fingerprint density at radius 1 is 1.26 bits per heavy atom. The van der Waals surface area contributed by atoms with E-state index in [-0.39, 0.29) is 18.5 Å². The first kappa shape index (κ1) is 13.4. The van der Waals surface area contributed by atoms with Gasteiger partial charge in [0.05, 0.1) is 0 Å². The van der Waals surface area contributed by atoms with Crippen molar-refractivity contribution in [2.75, 3.05) is 26.7 Å². The van der Waals surface area contributed by atoms with Gasteiger partial charge in [-0.25, -0.2) is 4.79 Å². The monoisotopic (exact) mass is 261 g/mol. The molecule has 1 aromatic rings. The molecule has 5 heteroatoms. The number of amides is 3. The van der Waals surface area contributed by atoms with E-state index in [4.69, 9.17) is 0 Å². The van der Waals surface area contributed by atoms with E-state index in [0.29, 0.717) is 19.6 Å². The van der Waals surface area contributed by atoms with E-state index < -0.39 is 0 Å². The molecule has 0 aliphatic carbocycles. The van der Waals surface area contributed by atoms with Crippen LogP contribution in [0, 0.1) is 0 Å². The Hall–Kier alpha value is -2.04. The maximum Gasteiger partial charge on any atom is 0.318 e. The molecule has 1 saturated heterocycles. The largest absolute Gasteiger partial charge is 0.344 e. The molecule has 1 heterocycles. The zero-order valence-electron chi connectivity index (χ0n) is 11.1. The van der Waals surface area contributed by atoms with Crippen LogP contribution in [0.25, 0.3) is 0 Å². The third kappa shape index (κ3) is 3.71. The van der Waals surface area contributed by atoms with E-state index in [1.54, 1.807) is 16.8 Å². The molecule has 2 rings (SSSR count). The summed E-state index contributed by atoms with van der Waals surface area (Å²) >= 11 is 0. The molecule has 5 nitrogen and oxygen atoms in total. The fourth-order valence-electron chi connectivity index (χ4n) is 2.05. The van der Waals surface area contributed by atoms with Crippen molar-refractivity contribution in [1.82, 2.24) is 15.1 Å². The van der Waals surface area contributed by atoms with E-state index in [2.05, 4.69) is 5.32 Å². The molecule has 1 fully saturated rings. The molecule has 1 aliphatic heterocycles. The molecule has 0 aromatic heterocycles. The van der Waals surface area contributed by atoms with Gasteiger partial charge in [0.15, 0.2) is 0 Å². The normalized spacial score (nSPS) is 16.2. The number of urea groups is 1. The lowest BCUT2D eigenvalue weighted by Crippen LogP contribution is -2.43. The van der Waals surface area contributed by atoms with Crippen LogP contribution in [0.5, 0.6) is 0 Å². The molecule has 102 valence electrons. The first-order valence-electron chi connectivity index (χ1n) is 6.47. The summed E-state index contributed by atoms with van der Waals surface area (Å²) in [5.41, 5.74) is 1.05. The summed E-state index contributed by atoms with van der Waals surface area (Å²) in [6, 6.07) is 9.56. The summed E-state index contributed by atoms with van der Waals surface area (Å²) in [4.78, 5) is 27.0. The molecule has 19 heavy (non-hydrogen) atoms.